The quantitative estimate of drug-likeness (QED) is 0.471. The molecule has 1 fully saturated rings. The Labute approximate surface area is 56.8 Å². The zero-order valence-corrected chi connectivity index (χ0v) is 5.85. The molecule has 1 heteroatoms. The Hall–Kier alpha value is -0.480. The molecule has 0 aliphatic carbocycles. The summed E-state index contributed by atoms with van der Waals surface area (Å²) in [5, 5.41) is 3.29. The molecule has 0 bridgehead atoms. The fraction of sp³-hybridized carbons (Fsp3) is 0.750. The van der Waals surface area contributed by atoms with Crippen LogP contribution in [0.5, 0.6) is 0 Å². The third kappa shape index (κ3) is 1.73. The molecule has 0 spiro atoms. The summed E-state index contributed by atoms with van der Waals surface area (Å²) in [6.07, 6.45) is 6.47. The molecular weight excluding hydrogens is 110 g/mol. The van der Waals surface area contributed by atoms with Crippen molar-refractivity contribution >= 4 is 0 Å². The zero-order valence-electron chi connectivity index (χ0n) is 5.85. The normalized spacial score (nSPS) is 35.6. The van der Waals surface area contributed by atoms with Crippen LogP contribution in [0.3, 0.4) is 0 Å². The summed E-state index contributed by atoms with van der Waals surface area (Å²) in [7, 11) is 0. The molecule has 0 aromatic carbocycles. The average molecular weight is 123 g/mol. The van der Waals surface area contributed by atoms with Gasteiger partial charge in [-0.2, -0.15) is 0 Å². The van der Waals surface area contributed by atoms with Crippen LogP contribution in [0.1, 0.15) is 13.3 Å². The van der Waals surface area contributed by atoms with E-state index in [2.05, 4.69) is 18.2 Å². The molecule has 1 N–H and O–H groups in total. The monoisotopic (exact) mass is 123 g/mol. The van der Waals surface area contributed by atoms with Gasteiger partial charge < -0.3 is 5.32 Å². The highest BCUT2D eigenvalue weighted by molar-refractivity contribution is 4.96. The molecule has 1 saturated heterocycles. The van der Waals surface area contributed by atoms with Crippen LogP contribution in [0.2, 0.25) is 0 Å². The Balaban J connectivity index is 2.34. The van der Waals surface area contributed by atoms with Crippen LogP contribution in [0.25, 0.3) is 0 Å². The van der Waals surface area contributed by atoms with E-state index in [0.717, 1.165) is 19.0 Å². The zero-order chi connectivity index (χ0) is 6.69. The third-order valence-electron chi connectivity index (χ3n) is 1.81. The maximum absolute atomic E-state index is 5.28. The summed E-state index contributed by atoms with van der Waals surface area (Å²) >= 11 is 0. The van der Waals surface area contributed by atoms with Gasteiger partial charge in [0.05, 0.1) is 0 Å². The minimum atomic E-state index is 0.480. The largest absolute Gasteiger partial charge is 0.315 e. The lowest BCUT2D eigenvalue weighted by Gasteiger charge is -2.23. The van der Waals surface area contributed by atoms with Crippen molar-refractivity contribution < 1.29 is 0 Å². The van der Waals surface area contributed by atoms with Crippen molar-refractivity contribution in [3.63, 3.8) is 0 Å². The number of terminal acetylenes is 1. The van der Waals surface area contributed by atoms with Crippen LogP contribution in [-0.4, -0.2) is 13.1 Å². The van der Waals surface area contributed by atoms with Crippen molar-refractivity contribution in [2.24, 2.45) is 11.8 Å². The molecular formula is C8H13N. The molecule has 1 rings (SSSR count). The highest BCUT2D eigenvalue weighted by Gasteiger charge is 2.15. The van der Waals surface area contributed by atoms with Crippen LogP contribution in [-0.2, 0) is 0 Å². The topological polar surface area (TPSA) is 12.0 Å². The Kier molecular flexibility index (Phi) is 2.13. The van der Waals surface area contributed by atoms with Gasteiger partial charge in [-0.25, -0.2) is 0 Å². The van der Waals surface area contributed by atoms with Crippen molar-refractivity contribution in [1.82, 2.24) is 5.32 Å². The standard InChI is InChI=1S/C8H13N/c1-3-8-4-7(2)5-9-6-8/h1,7-9H,4-6H2,2H3/t7-,8+/m1/s1. The van der Waals surface area contributed by atoms with Gasteiger partial charge in [0, 0.05) is 12.5 Å². The van der Waals surface area contributed by atoms with Crippen LogP contribution >= 0.6 is 0 Å². The second-order valence-electron chi connectivity index (χ2n) is 2.86. The first kappa shape index (κ1) is 6.64. The third-order valence-corrected chi connectivity index (χ3v) is 1.81. The second kappa shape index (κ2) is 2.89. The molecule has 2 atom stereocenters. The number of hydrogen-bond acceptors (Lipinski definition) is 1. The van der Waals surface area contributed by atoms with Crippen LogP contribution in [0.4, 0.5) is 0 Å². The first-order valence-corrected chi connectivity index (χ1v) is 3.49. The number of nitrogens with one attached hydrogen (secondary N) is 1. The molecule has 1 aliphatic heterocycles. The van der Waals surface area contributed by atoms with E-state index in [-0.39, 0.29) is 0 Å². The minimum Gasteiger partial charge on any atom is -0.315 e. The number of rotatable bonds is 0. The maximum atomic E-state index is 5.28. The fourth-order valence-corrected chi connectivity index (χ4v) is 1.28. The van der Waals surface area contributed by atoms with Crippen LogP contribution < -0.4 is 5.32 Å². The van der Waals surface area contributed by atoms with Gasteiger partial charge in [-0.3, -0.25) is 0 Å². The lowest BCUT2D eigenvalue weighted by molar-refractivity contribution is 0.353. The van der Waals surface area contributed by atoms with Crippen molar-refractivity contribution in [1.29, 1.82) is 0 Å². The summed E-state index contributed by atoms with van der Waals surface area (Å²) in [4.78, 5) is 0. The molecule has 0 aromatic rings. The molecule has 0 unspecified atom stereocenters. The molecule has 1 heterocycles. The molecule has 1 nitrogen and oxygen atoms in total. The first-order valence-electron chi connectivity index (χ1n) is 3.49. The fourth-order valence-electron chi connectivity index (χ4n) is 1.28. The van der Waals surface area contributed by atoms with E-state index in [9.17, 15) is 0 Å². The van der Waals surface area contributed by atoms with Crippen molar-refractivity contribution in [3.05, 3.63) is 0 Å². The van der Waals surface area contributed by atoms with Crippen molar-refractivity contribution in [2.45, 2.75) is 13.3 Å². The van der Waals surface area contributed by atoms with E-state index in [1.165, 1.54) is 6.42 Å². The molecule has 9 heavy (non-hydrogen) atoms. The van der Waals surface area contributed by atoms with E-state index in [1.54, 1.807) is 0 Å². The molecule has 0 saturated carbocycles. The second-order valence-corrected chi connectivity index (χ2v) is 2.86. The van der Waals surface area contributed by atoms with Crippen LogP contribution in [0.15, 0.2) is 0 Å². The summed E-state index contributed by atoms with van der Waals surface area (Å²) in [6.45, 7) is 4.38. The van der Waals surface area contributed by atoms with Gasteiger partial charge in [0.25, 0.3) is 0 Å². The summed E-state index contributed by atoms with van der Waals surface area (Å²) in [5.74, 6) is 4.02. The highest BCUT2D eigenvalue weighted by atomic mass is 14.9. The Morgan fingerprint density at radius 1 is 1.56 bits per heavy atom. The van der Waals surface area contributed by atoms with Crippen LogP contribution in [0, 0.1) is 24.2 Å². The smallest absolute Gasteiger partial charge is 0.0328 e. The summed E-state index contributed by atoms with van der Waals surface area (Å²) in [5.41, 5.74) is 0. The van der Waals surface area contributed by atoms with Crippen molar-refractivity contribution in [2.75, 3.05) is 13.1 Å². The minimum absolute atomic E-state index is 0.480. The van der Waals surface area contributed by atoms with E-state index in [4.69, 9.17) is 6.42 Å². The van der Waals surface area contributed by atoms with Gasteiger partial charge in [0.2, 0.25) is 0 Å². The number of piperidine rings is 1. The van der Waals surface area contributed by atoms with Gasteiger partial charge in [-0.05, 0) is 18.9 Å². The maximum Gasteiger partial charge on any atom is 0.0328 e. The predicted octanol–water partition coefficient (Wildman–Crippen LogP) is 0.865. The molecule has 0 aromatic heterocycles. The van der Waals surface area contributed by atoms with Crippen molar-refractivity contribution in [3.8, 4) is 12.3 Å². The Morgan fingerprint density at radius 2 is 2.33 bits per heavy atom. The van der Waals surface area contributed by atoms with E-state index >= 15 is 0 Å². The van der Waals surface area contributed by atoms with Gasteiger partial charge >= 0.3 is 0 Å². The first-order chi connectivity index (χ1) is 4.33. The Morgan fingerprint density at radius 3 is 2.78 bits per heavy atom. The lowest BCUT2D eigenvalue weighted by Crippen LogP contribution is -2.34. The van der Waals surface area contributed by atoms with Gasteiger partial charge in [-0.1, -0.05) is 6.92 Å². The molecule has 0 amide bonds. The summed E-state index contributed by atoms with van der Waals surface area (Å²) < 4.78 is 0. The lowest BCUT2D eigenvalue weighted by atomic mass is 9.93. The van der Waals surface area contributed by atoms with Gasteiger partial charge in [0.1, 0.15) is 0 Å². The average Bonchev–Trinajstić information content (AvgIpc) is 1.88. The SMILES string of the molecule is C#C[C@@H]1CNC[C@H](C)C1. The van der Waals surface area contributed by atoms with E-state index in [1.807, 2.05) is 0 Å². The highest BCUT2D eigenvalue weighted by Crippen LogP contribution is 2.13. The molecule has 1 aliphatic rings. The van der Waals surface area contributed by atoms with E-state index in [0.29, 0.717) is 5.92 Å². The number of hydrogen-bond donors (Lipinski definition) is 1. The Bertz CT molecular complexity index is 123. The molecule has 50 valence electrons. The summed E-state index contributed by atoms with van der Waals surface area (Å²) in [6, 6.07) is 0. The predicted molar refractivity (Wildman–Crippen MR) is 39.0 cm³/mol. The van der Waals surface area contributed by atoms with Gasteiger partial charge in [0.15, 0.2) is 0 Å². The van der Waals surface area contributed by atoms with E-state index < -0.39 is 0 Å². The van der Waals surface area contributed by atoms with Gasteiger partial charge in [-0.15, -0.1) is 12.3 Å². The molecule has 0 radical (unpaired) electrons.